The number of para-hydroxylation sites is 1. The lowest BCUT2D eigenvalue weighted by Gasteiger charge is -2.36. The zero-order valence-electron chi connectivity index (χ0n) is 16.2. The number of likely N-dealkylation sites (tertiary alicyclic amines) is 1. The van der Waals surface area contributed by atoms with Gasteiger partial charge in [-0.2, -0.15) is 0 Å². The van der Waals surface area contributed by atoms with Gasteiger partial charge < -0.3 is 15.1 Å². The Morgan fingerprint density at radius 1 is 1.08 bits per heavy atom. The van der Waals surface area contributed by atoms with E-state index in [0.29, 0.717) is 6.04 Å². The lowest BCUT2D eigenvalue weighted by atomic mass is 10.0. The average Bonchev–Trinajstić information content (AvgIpc) is 2.65. The highest BCUT2D eigenvalue weighted by Gasteiger charge is 2.26. The fraction of sp³-hybridized carbons (Fsp3) is 0.409. The Labute approximate surface area is 156 Å². The number of piperidine rings is 1. The fourth-order valence-corrected chi connectivity index (χ4v) is 3.54. The van der Waals surface area contributed by atoms with Gasteiger partial charge >= 0.3 is 0 Å². The van der Waals surface area contributed by atoms with Gasteiger partial charge in [-0.3, -0.25) is 4.79 Å². The van der Waals surface area contributed by atoms with Gasteiger partial charge in [-0.1, -0.05) is 24.3 Å². The normalized spacial score (nSPS) is 17.4. The van der Waals surface area contributed by atoms with Crippen LogP contribution in [0.4, 0.5) is 11.4 Å². The molecule has 1 N–H and O–H groups in total. The Kier molecular flexibility index (Phi) is 5.62. The van der Waals surface area contributed by atoms with E-state index in [9.17, 15) is 4.79 Å². The average molecular weight is 351 g/mol. The van der Waals surface area contributed by atoms with Gasteiger partial charge in [-0.05, 0) is 70.1 Å². The predicted molar refractivity (Wildman–Crippen MR) is 108 cm³/mol. The summed E-state index contributed by atoms with van der Waals surface area (Å²) in [6.45, 7) is 5.84. The van der Waals surface area contributed by atoms with Crippen LogP contribution in [0.5, 0.6) is 0 Å². The number of aryl methyl sites for hydroxylation is 1. The summed E-state index contributed by atoms with van der Waals surface area (Å²) in [6.07, 6.45) is 2.21. The van der Waals surface area contributed by atoms with Crippen LogP contribution in [0.15, 0.2) is 42.5 Å². The molecule has 1 atom stereocenters. The topological polar surface area (TPSA) is 35.6 Å². The van der Waals surface area contributed by atoms with E-state index in [2.05, 4.69) is 50.3 Å². The van der Waals surface area contributed by atoms with Crippen molar-refractivity contribution < 1.29 is 4.79 Å². The summed E-state index contributed by atoms with van der Waals surface area (Å²) in [6, 6.07) is 14.5. The molecule has 26 heavy (non-hydrogen) atoms. The Bertz CT molecular complexity index is 785. The van der Waals surface area contributed by atoms with Gasteiger partial charge in [0.15, 0.2) is 0 Å². The second-order valence-electron chi connectivity index (χ2n) is 7.43. The zero-order chi connectivity index (χ0) is 18.7. The summed E-state index contributed by atoms with van der Waals surface area (Å²) in [4.78, 5) is 17.4. The van der Waals surface area contributed by atoms with Gasteiger partial charge in [0.25, 0.3) is 5.91 Å². The molecule has 1 amide bonds. The van der Waals surface area contributed by atoms with E-state index in [0.717, 1.165) is 42.9 Å². The van der Waals surface area contributed by atoms with Crippen LogP contribution < -0.4 is 5.32 Å². The molecule has 1 saturated heterocycles. The third kappa shape index (κ3) is 3.91. The molecule has 2 aromatic carbocycles. The molecule has 4 nitrogen and oxygen atoms in total. The van der Waals surface area contributed by atoms with Crippen molar-refractivity contribution in [3.63, 3.8) is 0 Å². The SMILES string of the molecule is Cc1cccc(Nc2ccccc2C(=O)N2CCCC(N(C)C)C2)c1C. The Hall–Kier alpha value is -2.33. The van der Waals surface area contributed by atoms with E-state index < -0.39 is 0 Å². The molecule has 0 aliphatic carbocycles. The number of amides is 1. The van der Waals surface area contributed by atoms with Gasteiger partial charge in [-0.25, -0.2) is 0 Å². The van der Waals surface area contributed by atoms with Crippen molar-refractivity contribution in [1.82, 2.24) is 9.80 Å². The van der Waals surface area contributed by atoms with Crippen molar-refractivity contribution in [3.05, 3.63) is 59.2 Å². The maximum Gasteiger partial charge on any atom is 0.256 e. The van der Waals surface area contributed by atoms with Gasteiger partial charge in [0.1, 0.15) is 0 Å². The quantitative estimate of drug-likeness (QED) is 0.896. The summed E-state index contributed by atoms with van der Waals surface area (Å²) in [5, 5.41) is 3.48. The van der Waals surface area contributed by atoms with Gasteiger partial charge in [0, 0.05) is 24.8 Å². The summed E-state index contributed by atoms with van der Waals surface area (Å²) in [5.41, 5.74) is 5.12. The third-order valence-electron chi connectivity index (χ3n) is 5.45. The summed E-state index contributed by atoms with van der Waals surface area (Å²) < 4.78 is 0. The largest absolute Gasteiger partial charge is 0.355 e. The molecule has 0 radical (unpaired) electrons. The standard InChI is InChI=1S/C22H29N3O/c1-16-9-7-13-20(17(16)2)23-21-12-6-5-11-19(21)22(26)25-14-8-10-18(15-25)24(3)4/h5-7,9,11-13,18,23H,8,10,14-15H2,1-4H3. The van der Waals surface area contributed by atoms with Gasteiger partial charge in [0.05, 0.1) is 11.3 Å². The molecule has 2 aromatic rings. The van der Waals surface area contributed by atoms with Crippen LogP contribution in [0.25, 0.3) is 0 Å². The van der Waals surface area contributed by atoms with Crippen molar-refractivity contribution in [2.75, 3.05) is 32.5 Å². The second-order valence-corrected chi connectivity index (χ2v) is 7.43. The molecular formula is C22H29N3O. The molecule has 1 aliphatic heterocycles. The fourth-order valence-electron chi connectivity index (χ4n) is 3.54. The van der Waals surface area contributed by atoms with Crippen molar-refractivity contribution in [3.8, 4) is 0 Å². The molecule has 0 bridgehead atoms. The number of benzene rings is 2. The minimum Gasteiger partial charge on any atom is -0.355 e. The third-order valence-corrected chi connectivity index (χ3v) is 5.45. The highest BCUT2D eigenvalue weighted by Crippen LogP contribution is 2.27. The molecule has 0 aromatic heterocycles. The van der Waals surface area contributed by atoms with Crippen LogP contribution in [-0.4, -0.2) is 48.9 Å². The smallest absolute Gasteiger partial charge is 0.256 e. The molecule has 1 aliphatic rings. The van der Waals surface area contributed by atoms with E-state index in [1.54, 1.807) is 0 Å². The molecule has 1 unspecified atom stereocenters. The minimum absolute atomic E-state index is 0.116. The van der Waals surface area contributed by atoms with Crippen LogP contribution in [-0.2, 0) is 0 Å². The number of carbonyl (C=O) groups is 1. The second kappa shape index (κ2) is 7.92. The van der Waals surface area contributed by atoms with Crippen LogP contribution in [0.1, 0.15) is 34.3 Å². The molecule has 0 spiro atoms. The van der Waals surface area contributed by atoms with Crippen LogP contribution in [0, 0.1) is 13.8 Å². The maximum absolute atomic E-state index is 13.2. The van der Waals surface area contributed by atoms with E-state index in [1.165, 1.54) is 11.1 Å². The number of carbonyl (C=O) groups excluding carboxylic acids is 1. The van der Waals surface area contributed by atoms with Gasteiger partial charge in [-0.15, -0.1) is 0 Å². The Morgan fingerprint density at radius 2 is 1.81 bits per heavy atom. The molecule has 1 heterocycles. The van der Waals surface area contributed by atoms with E-state index >= 15 is 0 Å². The molecule has 138 valence electrons. The molecule has 3 rings (SSSR count). The first-order chi connectivity index (χ1) is 12.5. The molecule has 4 heteroatoms. The van der Waals surface area contributed by atoms with Crippen LogP contribution >= 0.6 is 0 Å². The van der Waals surface area contributed by atoms with Crippen LogP contribution in [0.2, 0.25) is 0 Å². The molecule has 0 saturated carbocycles. The highest BCUT2D eigenvalue weighted by molar-refractivity contribution is 6.00. The van der Waals surface area contributed by atoms with Crippen molar-refractivity contribution >= 4 is 17.3 Å². The van der Waals surface area contributed by atoms with E-state index in [4.69, 9.17) is 0 Å². The highest BCUT2D eigenvalue weighted by atomic mass is 16.2. The summed E-state index contributed by atoms with van der Waals surface area (Å²) >= 11 is 0. The lowest BCUT2D eigenvalue weighted by Crippen LogP contribution is -2.47. The maximum atomic E-state index is 13.2. The lowest BCUT2D eigenvalue weighted by molar-refractivity contribution is 0.0636. The first-order valence-corrected chi connectivity index (χ1v) is 9.35. The first-order valence-electron chi connectivity index (χ1n) is 9.35. The number of rotatable bonds is 4. The monoisotopic (exact) mass is 351 g/mol. The molecular weight excluding hydrogens is 322 g/mol. The number of nitrogens with zero attached hydrogens (tertiary/aromatic N) is 2. The van der Waals surface area contributed by atoms with Crippen molar-refractivity contribution in [2.45, 2.75) is 32.7 Å². The number of hydrogen-bond acceptors (Lipinski definition) is 3. The molecule has 1 fully saturated rings. The van der Waals surface area contributed by atoms with Gasteiger partial charge in [0.2, 0.25) is 0 Å². The summed E-state index contributed by atoms with van der Waals surface area (Å²) in [7, 11) is 4.18. The van der Waals surface area contributed by atoms with E-state index in [1.807, 2.05) is 35.2 Å². The minimum atomic E-state index is 0.116. The van der Waals surface area contributed by atoms with Crippen molar-refractivity contribution in [1.29, 1.82) is 0 Å². The number of hydrogen-bond donors (Lipinski definition) is 1. The summed E-state index contributed by atoms with van der Waals surface area (Å²) in [5.74, 6) is 0.116. The number of nitrogens with one attached hydrogen (secondary N) is 1. The number of anilines is 2. The Balaban J connectivity index is 1.85. The number of likely N-dealkylation sites (N-methyl/N-ethyl adjacent to an activating group) is 1. The van der Waals surface area contributed by atoms with E-state index in [-0.39, 0.29) is 5.91 Å². The predicted octanol–water partition coefficient (Wildman–Crippen LogP) is 4.21. The van der Waals surface area contributed by atoms with Crippen molar-refractivity contribution in [2.24, 2.45) is 0 Å². The zero-order valence-corrected chi connectivity index (χ0v) is 16.2. The first kappa shape index (κ1) is 18.5. The van der Waals surface area contributed by atoms with Crippen LogP contribution in [0.3, 0.4) is 0 Å². The Morgan fingerprint density at radius 3 is 2.58 bits per heavy atom.